The molecule has 0 fully saturated rings. The Hall–Kier alpha value is -1.26. The number of nitrogens with zero attached hydrogens (tertiary/aromatic N) is 1. The molecule has 0 saturated carbocycles. The molecular weight excluding hydrogens is 252 g/mol. The van der Waals surface area contributed by atoms with E-state index >= 15 is 0 Å². The topological polar surface area (TPSA) is 55.6 Å². The third-order valence-electron chi connectivity index (χ3n) is 2.55. The number of hydrogen-bond acceptors (Lipinski definition) is 3. The number of carbonyl (C=O) groups is 1. The predicted octanol–water partition coefficient (Wildman–Crippen LogP) is 1.91. The second-order valence-electron chi connectivity index (χ2n) is 4.33. The molecule has 2 N–H and O–H groups in total. The van der Waals surface area contributed by atoms with Crippen molar-refractivity contribution in [1.82, 2.24) is 4.90 Å². The molecule has 100 valence electrons. The Kier molecular flexibility index (Phi) is 5.95. The summed E-state index contributed by atoms with van der Waals surface area (Å²) in [5.41, 5.74) is 5.19. The van der Waals surface area contributed by atoms with Crippen molar-refractivity contribution < 1.29 is 9.53 Å². The molecule has 0 aliphatic carbocycles. The van der Waals surface area contributed by atoms with Gasteiger partial charge in [0.25, 0.3) is 0 Å². The van der Waals surface area contributed by atoms with E-state index in [9.17, 15) is 4.79 Å². The van der Waals surface area contributed by atoms with Crippen LogP contribution in [-0.2, 0) is 4.79 Å². The minimum atomic E-state index is -0.324. The molecule has 0 heterocycles. The maximum Gasteiger partial charge on any atom is 0.231 e. The smallest absolute Gasteiger partial charge is 0.231 e. The van der Waals surface area contributed by atoms with E-state index in [-0.39, 0.29) is 18.5 Å². The largest absolute Gasteiger partial charge is 0.492 e. The molecule has 1 aromatic rings. The zero-order chi connectivity index (χ0) is 13.5. The van der Waals surface area contributed by atoms with Crippen LogP contribution in [0.5, 0.6) is 5.75 Å². The van der Waals surface area contributed by atoms with Gasteiger partial charge in [-0.25, -0.2) is 0 Å². The molecule has 0 radical (unpaired) electrons. The predicted molar refractivity (Wildman–Crippen MR) is 72.9 cm³/mol. The third-order valence-corrected chi connectivity index (χ3v) is 2.80. The fourth-order valence-electron chi connectivity index (χ4n) is 1.53. The Morgan fingerprint density at radius 2 is 2.00 bits per heavy atom. The van der Waals surface area contributed by atoms with E-state index in [1.54, 1.807) is 12.1 Å². The Balaban J connectivity index is 2.38. The molecule has 1 aromatic carbocycles. The van der Waals surface area contributed by atoms with E-state index in [1.165, 1.54) is 0 Å². The van der Waals surface area contributed by atoms with Crippen molar-refractivity contribution in [3.63, 3.8) is 0 Å². The quantitative estimate of drug-likeness (QED) is 0.823. The summed E-state index contributed by atoms with van der Waals surface area (Å²) in [6, 6.07) is 7.44. The van der Waals surface area contributed by atoms with E-state index < -0.39 is 0 Å². The highest BCUT2D eigenvalue weighted by Gasteiger charge is 2.11. The maximum atomic E-state index is 10.9. The molecule has 1 rings (SSSR count). The number of ether oxygens (including phenoxy) is 1. The zero-order valence-electron chi connectivity index (χ0n) is 10.7. The molecule has 0 aliphatic rings. The average Bonchev–Trinajstić information content (AvgIpc) is 2.29. The van der Waals surface area contributed by atoms with Gasteiger partial charge in [0.2, 0.25) is 5.91 Å². The Morgan fingerprint density at radius 1 is 1.39 bits per heavy atom. The first-order valence-corrected chi connectivity index (χ1v) is 6.27. The highest BCUT2D eigenvalue weighted by atomic mass is 35.5. The molecule has 0 aromatic heterocycles. The standard InChI is InChI=1S/C13H19ClN2O2/c1-10(2)16(9-13(15)17)7-8-18-12-5-3-11(14)4-6-12/h3-6,10H,7-9H2,1-2H3,(H2,15,17). The monoisotopic (exact) mass is 270 g/mol. The molecule has 0 unspecified atom stereocenters. The number of halogens is 1. The van der Waals surface area contributed by atoms with Crippen LogP contribution in [0.1, 0.15) is 13.8 Å². The van der Waals surface area contributed by atoms with E-state index in [0.29, 0.717) is 18.2 Å². The van der Waals surface area contributed by atoms with Gasteiger partial charge >= 0.3 is 0 Å². The summed E-state index contributed by atoms with van der Waals surface area (Å²) in [4.78, 5) is 12.9. The van der Waals surface area contributed by atoms with Crippen molar-refractivity contribution in [1.29, 1.82) is 0 Å². The van der Waals surface area contributed by atoms with Crippen molar-refractivity contribution >= 4 is 17.5 Å². The van der Waals surface area contributed by atoms with Gasteiger partial charge < -0.3 is 10.5 Å². The van der Waals surface area contributed by atoms with E-state index in [0.717, 1.165) is 5.75 Å². The number of benzene rings is 1. The van der Waals surface area contributed by atoms with Crippen LogP contribution >= 0.6 is 11.6 Å². The van der Waals surface area contributed by atoms with Crippen LogP contribution in [0.4, 0.5) is 0 Å². The van der Waals surface area contributed by atoms with Crippen molar-refractivity contribution in [3.8, 4) is 5.75 Å². The third kappa shape index (κ3) is 5.38. The van der Waals surface area contributed by atoms with Gasteiger partial charge in [-0.3, -0.25) is 9.69 Å². The van der Waals surface area contributed by atoms with Crippen LogP contribution in [-0.4, -0.2) is 36.5 Å². The number of carbonyl (C=O) groups excluding carboxylic acids is 1. The van der Waals surface area contributed by atoms with Crippen LogP contribution in [0, 0.1) is 0 Å². The average molecular weight is 271 g/mol. The van der Waals surface area contributed by atoms with Crippen molar-refractivity contribution in [2.75, 3.05) is 19.7 Å². The summed E-state index contributed by atoms with van der Waals surface area (Å²) in [5.74, 6) is 0.442. The van der Waals surface area contributed by atoms with Gasteiger partial charge in [-0.05, 0) is 38.1 Å². The van der Waals surface area contributed by atoms with E-state index in [1.807, 2.05) is 30.9 Å². The van der Waals surface area contributed by atoms with Gasteiger partial charge in [-0.15, -0.1) is 0 Å². The van der Waals surface area contributed by atoms with Gasteiger partial charge in [-0.1, -0.05) is 11.6 Å². The number of hydrogen-bond donors (Lipinski definition) is 1. The van der Waals surface area contributed by atoms with Gasteiger partial charge in [0, 0.05) is 17.6 Å². The zero-order valence-corrected chi connectivity index (χ0v) is 11.5. The SMILES string of the molecule is CC(C)N(CCOc1ccc(Cl)cc1)CC(N)=O. The summed E-state index contributed by atoms with van der Waals surface area (Å²) >= 11 is 5.78. The summed E-state index contributed by atoms with van der Waals surface area (Å²) in [6.45, 7) is 5.45. The lowest BCUT2D eigenvalue weighted by Crippen LogP contribution is -2.40. The van der Waals surface area contributed by atoms with Gasteiger partial charge in [-0.2, -0.15) is 0 Å². The molecule has 0 aliphatic heterocycles. The number of primary amides is 1. The first kappa shape index (κ1) is 14.8. The van der Waals surface area contributed by atoms with Gasteiger partial charge in [0.1, 0.15) is 12.4 Å². The summed E-state index contributed by atoms with van der Waals surface area (Å²) in [6.07, 6.45) is 0. The second kappa shape index (κ2) is 7.24. The van der Waals surface area contributed by atoms with Gasteiger partial charge in [0.15, 0.2) is 0 Å². The molecule has 5 heteroatoms. The highest BCUT2D eigenvalue weighted by molar-refractivity contribution is 6.30. The van der Waals surface area contributed by atoms with E-state index in [2.05, 4.69) is 0 Å². The summed E-state index contributed by atoms with van der Waals surface area (Å²) in [5, 5.41) is 0.680. The summed E-state index contributed by atoms with van der Waals surface area (Å²) < 4.78 is 5.57. The minimum Gasteiger partial charge on any atom is -0.492 e. The molecule has 1 amide bonds. The first-order valence-electron chi connectivity index (χ1n) is 5.89. The minimum absolute atomic E-state index is 0.252. The van der Waals surface area contributed by atoms with Crippen LogP contribution in [0.25, 0.3) is 0 Å². The van der Waals surface area contributed by atoms with Crippen LogP contribution in [0.15, 0.2) is 24.3 Å². The van der Waals surface area contributed by atoms with Crippen molar-refractivity contribution in [2.45, 2.75) is 19.9 Å². The number of rotatable bonds is 7. The van der Waals surface area contributed by atoms with Crippen molar-refractivity contribution in [3.05, 3.63) is 29.3 Å². The molecule has 4 nitrogen and oxygen atoms in total. The Morgan fingerprint density at radius 3 is 2.50 bits per heavy atom. The summed E-state index contributed by atoms with van der Waals surface area (Å²) in [7, 11) is 0. The lowest BCUT2D eigenvalue weighted by atomic mass is 10.3. The lowest BCUT2D eigenvalue weighted by molar-refractivity contribution is -0.119. The molecule has 0 saturated heterocycles. The van der Waals surface area contributed by atoms with Crippen LogP contribution in [0.3, 0.4) is 0 Å². The van der Waals surface area contributed by atoms with Crippen molar-refractivity contribution in [2.24, 2.45) is 5.73 Å². The number of amides is 1. The van der Waals surface area contributed by atoms with E-state index in [4.69, 9.17) is 22.1 Å². The Bertz CT molecular complexity index is 379. The fourth-order valence-corrected chi connectivity index (χ4v) is 1.66. The normalized spacial score (nSPS) is 10.9. The number of nitrogens with two attached hydrogens (primary N) is 1. The first-order chi connectivity index (χ1) is 8.49. The molecular formula is C13H19ClN2O2. The lowest BCUT2D eigenvalue weighted by Gasteiger charge is -2.24. The van der Waals surface area contributed by atoms with Gasteiger partial charge in [0.05, 0.1) is 6.54 Å². The molecule has 0 spiro atoms. The second-order valence-corrected chi connectivity index (χ2v) is 4.77. The van der Waals surface area contributed by atoms with Crippen LogP contribution in [0.2, 0.25) is 5.02 Å². The molecule has 0 bridgehead atoms. The highest BCUT2D eigenvalue weighted by Crippen LogP contribution is 2.15. The fraction of sp³-hybridized carbons (Fsp3) is 0.462. The maximum absolute atomic E-state index is 10.9. The molecule has 18 heavy (non-hydrogen) atoms. The molecule has 0 atom stereocenters. The van der Waals surface area contributed by atoms with Crippen LogP contribution < -0.4 is 10.5 Å². The Labute approximate surface area is 113 Å².